The number of rotatable bonds is 16. The van der Waals surface area contributed by atoms with Gasteiger partial charge in [0.15, 0.2) is 6.17 Å². The second-order valence-corrected chi connectivity index (χ2v) is 10.9. The van der Waals surface area contributed by atoms with Crippen molar-refractivity contribution < 1.29 is 18.7 Å². The van der Waals surface area contributed by atoms with Gasteiger partial charge in [-0.2, -0.15) is 5.26 Å². The summed E-state index contributed by atoms with van der Waals surface area (Å²) in [7, 11) is 0. The van der Waals surface area contributed by atoms with Crippen LogP contribution in [0.25, 0.3) is 11.1 Å². The number of nitrogens with zero attached hydrogens (tertiary/aromatic N) is 1. The highest BCUT2D eigenvalue weighted by molar-refractivity contribution is 5.74. The molecule has 0 unspecified atom stereocenters. The number of halogens is 1. The van der Waals surface area contributed by atoms with Crippen LogP contribution in [-0.4, -0.2) is 24.9 Å². The van der Waals surface area contributed by atoms with Crippen molar-refractivity contribution >= 4 is 5.97 Å². The highest BCUT2D eigenvalue weighted by Crippen LogP contribution is 2.35. The maximum Gasteiger partial charge on any atom is 0.340 e. The average molecular weight is 536 g/mol. The van der Waals surface area contributed by atoms with Gasteiger partial charge < -0.3 is 9.47 Å². The minimum Gasteiger partial charge on any atom is -0.492 e. The van der Waals surface area contributed by atoms with Gasteiger partial charge in [0.1, 0.15) is 17.9 Å². The zero-order chi connectivity index (χ0) is 27.9. The molecule has 1 fully saturated rings. The van der Waals surface area contributed by atoms with E-state index in [0.717, 1.165) is 49.7 Å². The van der Waals surface area contributed by atoms with E-state index >= 15 is 0 Å². The van der Waals surface area contributed by atoms with Crippen molar-refractivity contribution in [1.29, 1.82) is 5.26 Å². The van der Waals surface area contributed by atoms with Crippen molar-refractivity contribution in [2.45, 2.75) is 122 Å². The van der Waals surface area contributed by atoms with Gasteiger partial charge in [-0.25, -0.2) is 9.18 Å². The molecule has 0 amide bonds. The zero-order valence-corrected chi connectivity index (χ0v) is 23.9. The Hall–Kier alpha value is -2.87. The Morgan fingerprint density at radius 3 is 2.21 bits per heavy atom. The second-order valence-electron chi connectivity index (χ2n) is 10.9. The third kappa shape index (κ3) is 9.99. The van der Waals surface area contributed by atoms with Crippen LogP contribution in [0, 0.1) is 11.3 Å². The van der Waals surface area contributed by atoms with Crippen molar-refractivity contribution in [3.8, 4) is 22.9 Å². The third-order valence-electron chi connectivity index (χ3n) is 7.84. The minimum absolute atomic E-state index is 0.177. The lowest BCUT2D eigenvalue weighted by Crippen LogP contribution is -2.28. The number of unbranched alkanes of at least 4 members (excludes halogenated alkanes) is 7. The van der Waals surface area contributed by atoms with Gasteiger partial charge in [0, 0.05) is 0 Å². The summed E-state index contributed by atoms with van der Waals surface area (Å²) in [6, 6.07) is 16.7. The van der Waals surface area contributed by atoms with E-state index in [2.05, 4.69) is 37.3 Å². The van der Waals surface area contributed by atoms with Crippen molar-refractivity contribution in [1.82, 2.24) is 0 Å². The monoisotopic (exact) mass is 535 g/mol. The Morgan fingerprint density at radius 2 is 1.54 bits per heavy atom. The summed E-state index contributed by atoms with van der Waals surface area (Å²) in [4.78, 5) is 12.0. The van der Waals surface area contributed by atoms with Crippen LogP contribution in [0.1, 0.15) is 121 Å². The Bertz CT molecular complexity index is 1040. The number of hydrogen-bond donors (Lipinski definition) is 0. The first-order valence-corrected chi connectivity index (χ1v) is 15.2. The van der Waals surface area contributed by atoms with Gasteiger partial charge in [0.25, 0.3) is 0 Å². The summed E-state index contributed by atoms with van der Waals surface area (Å²) in [5, 5.41) is 9.69. The van der Waals surface area contributed by atoms with Crippen LogP contribution in [0.4, 0.5) is 4.39 Å². The molecule has 4 nitrogen and oxygen atoms in total. The number of carbonyl (C=O) groups excluding carboxylic acids is 1. The molecule has 0 N–H and O–H groups in total. The smallest absolute Gasteiger partial charge is 0.340 e. The van der Waals surface area contributed by atoms with Crippen LogP contribution in [0.5, 0.6) is 5.75 Å². The number of nitriles is 1. The molecule has 39 heavy (non-hydrogen) atoms. The summed E-state index contributed by atoms with van der Waals surface area (Å²) < 4.78 is 25.3. The molecule has 0 radical (unpaired) electrons. The summed E-state index contributed by atoms with van der Waals surface area (Å²) in [6.45, 7) is 4.86. The molecule has 2 aromatic carbocycles. The van der Waals surface area contributed by atoms with Gasteiger partial charge in [-0.15, -0.1) is 0 Å². The molecule has 1 aliphatic carbocycles. The molecule has 0 spiro atoms. The van der Waals surface area contributed by atoms with E-state index < -0.39 is 12.1 Å². The number of benzene rings is 2. The van der Waals surface area contributed by atoms with Gasteiger partial charge in [-0.05, 0) is 73.3 Å². The van der Waals surface area contributed by atoms with Crippen LogP contribution in [-0.2, 0) is 9.53 Å². The van der Waals surface area contributed by atoms with E-state index in [9.17, 15) is 14.4 Å². The number of carbonyl (C=O) groups is 1. The van der Waals surface area contributed by atoms with Gasteiger partial charge in [-0.1, -0.05) is 95.5 Å². The highest BCUT2D eigenvalue weighted by Gasteiger charge is 2.27. The summed E-state index contributed by atoms with van der Waals surface area (Å²) >= 11 is 0. The number of esters is 1. The predicted octanol–water partition coefficient (Wildman–Crippen LogP) is 9.45. The molecule has 0 saturated heterocycles. The first-order chi connectivity index (χ1) is 19.0. The van der Waals surface area contributed by atoms with Gasteiger partial charge in [0.2, 0.25) is 0 Å². The van der Waals surface area contributed by atoms with Crippen LogP contribution < -0.4 is 4.74 Å². The Kier molecular flexibility index (Phi) is 13.3. The van der Waals surface area contributed by atoms with E-state index in [1.807, 2.05) is 25.1 Å². The minimum atomic E-state index is -1.50. The van der Waals surface area contributed by atoms with Crippen LogP contribution in [0.2, 0.25) is 0 Å². The Morgan fingerprint density at radius 1 is 0.897 bits per heavy atom. The quantitative estimate of drug-likeness (QED) is 0.159. The molecular weight excluding hydrogens is 489 g/mol. The lowest BCUT2D eigenvalue weighted by atomic mass is 9.82. The number of alkyl halides is 1. The normalized spacial score (nSPS) is 17.8. The molecule has 3 rings (SSSR count). The molecule has 0 heterocycles. The van der Waals surface area contributed by atoms with E-state index in [4.69, 9.17) is 9.47 Å². The maximum absolute atomic E-state index is 14.0. The SMILES string of the molecule is CCCCCCCCCOc1ccc(-c2ccc([C@H]3CC[C@H](OC(=O)[C@@H](F)CCCC)CC3)cc2)cc1C#N. The highest BCUT2D eigenvalue weighted by atomic mass is 19.1. The lowest BCUT2D eigenvalue weighted by Gasteiger charge is -2.29. The van der Waals surface area contributed by atoms with Crippen molar-refractivity contribution in [3.05, 3.63) is 53.6 Å². The largest absolute Gasteiger partial charge is 0.492 e. The molecule has 5 heteroatoms. The van der Waals surface area contributed by atoms with E-state index in [1.54, 1.807) is 0 Å². The first-order valence-electron chi connectivity index (χ1n) is 15.2. The molecule has 1 atom stereocenters. The molecule has 0 bridgehead atoms. The Labute approximate surface area is 234 Å². The van der Waals surface area contributed by atoms with Gasteiger partial charge in [-0.3, -0.25) is 0 Å². The Balaban J connectivity index is 1.47. The van der Waals surface area contributed by atoms with Crippen molar-refractivity contribution in [3.63, 3.8) is 0 Å². The molecule has 0 aliphatic heterocycles. The third-order valence-corrected chi connectivity index (χ3v) is 7.84. The summed E-state index contributed by atoms with van der Waals surface area (Å²) in [5.41, 5.74) is 3.90. The maximum atomic E-state index is 14.0. The molecule has 0 aromatic heterocycles. The first kappa shape index (κ1) is 30.7. The fourth-order valence-electron chi connectivity index (χ4n) is 5.37. The van der Waals surface area contributed by atoms with E-state index in [0.29, 0.717) is 30.3 Å². The summed E-state index contributed by atoms with van der Waals surface area (Å²) in [6.07, 6.45) is 12.2. The van der Waals surface area contributed by atoms with Crippen molar-refractivity contribution in [2.24, 2.45) is 0 Å². The molecule has 1 saturated carbocycles. The topological polar surface area (TPSA) is 59.3 Å². The zero-order valence-electron chi connectivity index (χ0n) is 23.9. The fraction of sp³-hybridized carbons (Fsp3) is 0.588. The van der Waals surface area contributed by atoms with Crippen LogP contribution in [0.15, 0.2) is 42.5 Å². The van der Waals surface area contributed by atoms with Gasteiger partial charge in [0.05, 0.1) is 12.2 Å². The average Bonchev–Trinajstić information content (AvgIpc) is 2.97. The van der Waals surface area contributed by atoms with Crippen LogP contribution in [0.3, 0.4) is 0 Å². The lowest BCUT2D eigenvalue weighted by molar-refractivity contribution is -0.157. The molecule has 2 aromatic rings. The summed E-state index contributed by atoms with van der Waals surface area (Å²) in [5.74, 6) is 0.375. The van der Waals surface area contributed by atoms with Crippen LogP contribution >= 0.6 is 0 Å². The predicted molar refractivity (Wildman–Crippen MR) is 156 cm³/mol. The number of hydrogen-bond acceptors (Lipinski definition) is 4. The molecule has 212 valence electrons. The van der Waals surface area contributed by atoms with Gasteiger partial charge >= 0.3 is 5.97 Å². The fourth-order valence-corrected chi connectivity index (χ4v) is 5.37. The van der Waals surface area contributed by atoms with Crippen molar-refractivity contribution in [2.75, 3.05) is 6.61 Å². The second kappa shape index (κ2) is 17.0. The standard InChI is InChI=1S/C34H46FNO3/c1-3-5-7-8-9-10-11-23-38-33-22-19-29(24-30(33)25-36)28-15-13-26(14-16-28)27-17-20-31(21-18-27)39-34(37)32(35)12-6-4-2/h13-16,19,22,24,27,31-32H,3-12,17-18,20-21,23H2,1-2H3/t27-,31-,32-/m0/s1. The number of ether oxygens (including phenoxy) is 2. The molecular formula is C34H46FNO3. The van der Waals surface area contributed by atoms with E-state index in [-0.39, 0.29) is 12.5 Å². The molecule has 1 aliphatic rings. The van der Waals surface area contributed by atoms with E-state index in [1.165, 1.54) is 44.1 Å².